The van der Waals surface area contributed by atoms with E-state index in [4.69, 9.17) is 15.2 Å². The number of carboxylic acids is 1. The zero-order valence-electron chi connectivity index (χ0n) is 17.2. The van der Waals surface area contributed by atoms with Gasteiger partial charge in [-0.1, -0.05) is 0 Å². The van der Waals surface area contributed by atoms with E-state index >= 15 is 0 Å². The Bertz CT molecular complexity index is 974. The quantitative estimate of drug-likeness (QED) is 0.402. The van der Waals surface area contributed by atoms with Crippen molar-refractivity contribution in [2.75, 3.05) is 26.0 Å². The number of aromatic nitrogens is 2. The van der Waals surface area contributed by atoms with E-state index in [0.717, 1.165) is 5.56 Å². The Hall–Kier alpha value is -3.50. The summed E-state index contributed by atoms with van der Waals surface area (Å²) in [4.78, 5) is 19.9. The number of benzene rings is 1. The molecule has 0 bridgehead atoms. The number of rotatable bonds is 8. The van der Waals surface area contributed by atoms with Gasteiger partial charge in [0, 0.05) is 12.4 Å². The number of methoxy groups -OCH3 is 2. The summed E-state index contributed by atoms with van der Waals surface area (Å²) in [6, 6.07) is 6.16. The van der Waals surface area contributed by atoms with Crippen LogP contribution in [-0.4, -0.2) is 69.8 Å². The summed E-state index contributed by atoms with van der Waals surface area (Å²) in [6.45, 7) is 1.68. The van der Waals surface area contributed by atoms with E-state index < -0.39 is 20.4 Å². The highest BCUT2D eigenvalue weighted by molar-refractivity contribution is 7.55. The Morgan fingerprint density at radius 3 is 2.68 bits per heavy atom. The van der Waals surface area contributed by atoms with Crippen molar-refractivity contribution in [3.8, 4) is 11.5 Å². The number of guanidine groups is 1. The maximum absolute atomic E-state index is 11.6. The molecule has 1 aliphatic rings. The molecule has 13 heteroatoms. The summed E-state index contributed by atoms with van der Waals surface area (Å²) in [6.07, 6.45) is 4.73. The second-order valence-electron chi connectivity index (χ2n) is 6.29. The first-order valence-electron chi connectivity index (χ1n) is 9.13. The van der Waals surface area contributed by atoms with Gasteiger partial charge in [-0.2, -0.15) is 9.86 Å². The number of hydrazone groups is 1. The molecular weight excluding hydrogens is 423 g/mol. The maximum Gasteiger partial charge on any atom is 0.321 e. The first-order valence-corrected chi connectivity index (χ1v) is 10.4. The Balaban J connectivity index is 1.84. The molecule has 164 valence electrons. The molecule has 4 N–H and O–H groups in total. The molecule has 1 aliphatic heterocycles. The predicted octanol–water partition coefficient (Wildman–Crippen LogP) is 1.53. The van der Waals surface area contributed by atoms with E-state index in [1.807, 2.05) is 0 Å². The Morgan fingerprint density at radius 1 is 1.32 bits per heavy atom. The molecule has 0 saturated heterocycles. The molecule has 31 heavy (non-hydrogen) atoms. The highest BCUT2D eigenvalue weighted by Crippen LogP contribution is 2.45. The van der Waals surface area contributed by atoms with Crippen molar-refractivity contribution in [1.29, 1.82) is 0 Å². The lowest BCUT2D eigenvalue weighted by molar-refractivity contribution is -0.141. The third kappa shape index (κ3) is 5.36. The third-order valence-electron chi connectivity index (χ3n) is 4.31. The van der Waals surface area contributed by atoms with Crippen molar-refractivity contribution in [3.63, 3.8) is 0 Å². The number of carboxylic acid groups (broad SMARTS) is 1. The number of hydrogen-bond acceptors (Lipinski definition) is 11. The van der Waals surface area contributed by atoms with Crippen molar-refractivity contribution in [1.82, 2.24) is 19.6 Å². The van der Waals surface area contributed by atoms with E-state index in [1.54, 1.807) is 68.7 Å². The second-order valence-corrected chi connectivity index (χ2v) is 7.80. The van der Waals surface area contributed by atoms with Crippen LogP contribution in [0.5, 0.6) is 11.5 Å². The fourth-order valence-corrected chi connectivity index (χ4v) is 4.14. The molecule has 0 spiro atoms. The van der Waals surface area contributed by atoms with Crippen molar-refractivity contribution in [3.05, 3.63) is 42.2 Å². The van der Waals surface area contributed by atoms with Crippen LogP contribution < -0.4 is 20.3 Å². The van der Waals surface area contributed by atoms with Crippen LogP contribution in [0.1, 0.15) is 12.5 Å². The number of aliphatic carboxylic acids is 1. The van der Waals surface area contributed by atoms with Crippen LogP contribution in [0.2, 0.25) is 0 Å². The minimum atomic E-state index is -1.54. The van der Waals surface area contributed by atoms with Crippen LogP contribution >= 0.6 is 8.37 Å². The monoisotopic (exact) mass is 446 g/mol. The van der Waals surface area contributed by atoms with Gasteiger partial charge in [-0.05, 0) is 36.8 Å². The van der Waals surface area contributed by atoms with Crippen LogP contribution in [-0.2, 0) is 4.79 Å². The lowest BCUT2D eigenvalue weighted by atomic mass is 10.2. The Labute approximate surface area is 180 Å². The number of ether oxygens (including phenoxy) is 2. The standard InChI is InChI=1S/C18H23N8O4P/c1-12(16(27)28)26-11-25(17(19)23-31(26)24-18-20-7-4-8-21-18)22-10-13-5-6-14(29-2)15(9-13)30-3/h4-10,12H,11H2,1-3H3,(H2,19,23)(H,27,28)(H,20,21,24). The first-order chi connectivity index (χ1) is 14.9. The zero-order valence-corrected chi connectivity index (χ0v) is 18.1. The third-order valence-corrected chi connectivity index (χ3v) is 6.06. The number of anilines is 1. The van der Waals surface area contributed by atoms with E-state index in [-0.39, 0.29) is 12.6 Å². The largest absolute Gasteiger partial charge is 0.493 e. The Kier molecular flexibility index (Phi) is 7.16. The van der Waals surface area contributed by atoms with Crippen LogP contribution in [0.15, 0.2) is 46.5 Å². The topological polar surface area (TPSA) is 151 Å². The SMILES string of the molecule is COc1ccc(C=NN2CN(C(C)C(=O)O)P(Nc3ncccn3)N=C2N)cc1OC. The molecule has 2 atom stereocenters. The van der Waals surface area contributed by atoms with Crippen LogP contribution in [0, 0.1) is 0 Å². The van der Waals surface area contributed by atoms with E-state index in [0.29, 0.717) is 17.4 Å². The molecule has 0 radical (unpaired) electrons. The minimum absolute atomic E-state index is 0.109. The van der Waals surface area contributed by atoms with Gasteiger partial charge in [0.25, 0.3) is 0 Å². The molecule has 2 heterocycles. The smallest absolute Gasteiger partial charge is 0.321 e. The second kappa shape index (κ2) is 10.0. The van der Waals surface area contributed by atoms with Crippen molar-refractivity contribution >= 4 is 32.5 Å². The molecule has 0 fully saturated rings. The van der Waals surface area contributed by atoms with Crippen molar-refractivity contribution in [2.45, 2.75) is 13.0 Å². The summed E-state index contributed by atoms with van der Waals surface area (Å²) >= 11 is 0. The molecule has 0 aliphatic carbocycles. The predicted molar refractivity (Wildman–Crippen MR) is 117 cm³/mol. The fourth-order valence-electron chi connectivity index (χ4n) is 2.59. The normalized spacial score (nSPS) is 17.8. The number of hydrogen-bond donors (Lipinski definition) is 3. The lowest BCUT2D eigenvalue weighted by Crippen LogP contribution is -2.49. The first kappa shape index (κ1) is 22.2. The summed E-state index contributed by atoms with van der Waals surface area (Å²) in [5.41, 5.74) is 6.85. The lowest BCUT2D eigenvalue weighted by Gasteiger charge is -2.37. The van der Waals surface area contributed by atoms with Gasteiger partial charge in [0.1, 0.15) is 12.7 Å². The van der Waals surface area contributed by atoms with Gasteiger partial charge in [0.05, 0.1) is 20.4 Å². The molecule has 0 saturated carbocycles. The summed E-state index contributed by atoms with van der Waals surface area (Å²) in [5, 5.41) is 18.4. The van der Waals surface area contributed by atoms with Gasteiger partial charge >= 0.3 is 5.97 Å². The molecule has 2 aromatic rings. The summed E-state index contributed by atoms with van der Waals surface area (Å²) in [7, 11) is 1.56. The van der Waals surface area contributed by atoms with Crippen molar-refractivity contribution in [2.24, 2.45) is 15.6 Å². The summed E-state index contributed by atoms with van der Waals surface area (Å²) < 4.78 is 16.6. The van der Waals surface area contributed by atoms with E-state index in [2.05, 4.69) is 24.9 Å². The minimum Gasteiger partial charge on any atom is -0.493 e. The molecule has 0 amide bonds. The van der Waals surface area contributed by atoms with Gasteiger partial charge in [-0.25, -0.2) is 19.6 Å². The molecular formula is C18H23N8O4P. The maximum atomic E-state index is 11.6. The van der Waals surface area contributed by atoms with Gasteiger partial charge < -0.3 is 25.4 Å². The zero-order chi connectivity index (χ0) is 22.4. The molecule has 2 unspecified atom stereocenters. The number of nitrogens with zero attached hydrogens (tertiary/aromatic N) is 6. The Morgan fingerprint density at radius 2 is 2.03 bits per heavy atom. The van der Waals surface area contributed by atoms with Gasteiger partial charge in [0.2, 0.25) is 20.3 Å². The molecule has 1 aromatic heterocycles. The van der Waals surface area contributed by atoms with Crippen LogP contribution in [0.3, 0.4) is 0 Å². The van der Waals surface area contributed by atoms with Gasteiger partial charge in [0.15, 0.2) is 11.5 Å². The van der Waals surface area contributed by atoms with Gasteiger partial charge in [-0.15, -0.1) is 0 Å². The van der Waals surface area contributed by atoms with Gasteiger partial charge in [-0.3, -0.25) is 4.79 Å². The van der Waals surface area contributed by atoms with E-state index in [9.17, 15) is 9.90 Å². The molecule has 1 aromatic carbocycles. The number of nitrogens with two attached hydrogens (primary N) is 1. The average molecular weight is 446 g/mol. The van der Waals surface area contributed by atoms with Crippen LogP contribution in [0.25, 0.3) is 0 Å². The number of nitrogens with one attached hydrogen (secondary N) is 1. The average Bonchev–Trinajstić information content (AvgIpc) is 2.78. The highest BCUT2D eigenvalue weighted by Gasteiger charge is 2.35. The molecule has 3 rings (SSSR count). The van der Waals surface area contributed by atoms with Crippen molar-refractivity contribution < 1.29 is 19.4 Å². The fraction of sp³-hybridized carbons (Fsp3) is 0.278. The summed E-state index contributed by atoms with van der Waals surface area (Å²) in [5.74, 6) is 0.626. The molecule has 12 nitrogen and oxygen atoms in total. The number of carbonyl (C=O) groups is 1. The highest BCUT2D eigenvalue weighted by atomic mass is 31.1. The van der Waals surface area contributed by atoms with Crippen LogP contribution in [0.4, 0.5) is 5.95 Å². The van der Waals surface area contributed by atoms with E-state index in [1.165, 1.54) is 5.01 Å².